The number of halogens is 1. The highest BCUT2D eigenvalue weighted by Crippen LogP contribution is 2.29. The van der Waals surface area contributed by atoms with Gasteiger partial charge in [-0.15, -0.1) is 0 Å². The van der Waals surface area contributed by atoms with E-state index in [0.717, 1.165) is 5.56 Å². The van der Waals surface area contributed by atoms with Crippen LogP contribution in [0.25, 0.3) is 11.4 Å². The minimum Gasteiger partial charge on any atom is -0.489 e. The van der Waals surface area contributed by atoms with Crippen LogP contribution < -0.4 is 4.74 Å². The van der Waals surface area contributed by atoms with Crippen LogP contribution in [-0.2, 0) is 11.2 Å². The maximum atomic E-state index is 6.18. The Hall–Kier alpha value is -1.59. The number of methoxy groups -OCH3 is 1. The van der Waals surface area contributed by atoms with E-state index in [-0.39, 0.29) is 6.10 Å². The number of hydrogen-bond acceptors (Lipinski definition) is 5. The zero-order valence-electron chi connectivity index (χ0n) is 11.7. The number of aromatic nitrogens is 2. The molecular formula is C14H17ClN2O3. The van der Waals surface area contributed by atoms with E-state index in [9.17, 15) is 0 Å². The fraction of sp³-hybridized carbons (Fsp3) is 0.429. The molecule has 6 heteroatoms. The van der Waals surface area contributed by atoms with Gasteiger partial charge in [0.2, 0.25) is 11.7 Å². The van der Waals surface area contributed by atoms with Gasteiger partial charge >= 0.3 is 0 Å². The first-order valence-electron chi connectivity index (χ1n) is 6.38. The summed E-state index contributed by atoms with van der Waals surface area (Å²) in [7, 11) is 1.63. The van der Waals surface area contributed by atoms with Gasteiger partial charge in [-0.1, -0.05) is 16.8 Å². The first-order chi connectivity index (χ1) is 9.60. The zero-order chi connectivity index (χ0) is 14.5. The van der Waals surface area contributed by atoms with Crippen LogP contribution in [0.1, 0.15) is 19.7 Å². The molecule has 0 unspecified atom stereocenters. The van der Waals surface area contributed by atoms with Gasteiger partial charge in [-0.05, 0) is 32.0 Å². The molecule has 0 fully saturated rings. The van der Waals surface area contributed by atoms with E-state index in [4.69, 9.17) is 25.6 Å². The lowest BCUT2D eigenvalue weighted by atomic mass is 10.2. The van der Waals surface area contributed by atoms with Crippen LogP contribution in [0.15, 0.2) is 22.7 Å². The van der Waals surface area contributed by atoms with Gasteiger partial charge in [0.25, 0.3) is 0 Å². The highest BCUT2D eigenvalue weighted by molar-refractivity contribution is 6.32. The van der Waals surface area contributed by atoms with Crippen LogP contribution in [0.3, 0.4) is 0 Å². The summed E-state index contributed by atoms with van der Waals surface area (Å²) in [6.07, 6.45) is 0.662. The Labute approximate surface area is 122 Å². The Balaban J connectivity index is 2.16. The van der Waals surface area contributed by atoms with Crippen LogP contribution in [0.2, 0.25) is 5.02 Å². The summed E-state index contributed by atoms with van der Waals surface area (Å²) in [5.41, 5.74) is 0.790. The van der Waals surface area contributed by atoms with E-state index in [1.807, 2.05) is 26.0 Å². The maximum absolute atomic E-state index is 6.18. The smallest absolute Gasteiger partial charge is 0.229 e. The molecule has 0 aliphatic heterocycles. The van der Waals surface area contributed by atoms with E-state index in [0.29, 0.717) is 35.5 Å². The SMILES string of the molecule is COCCc1nc(-c2ccc(OC(C)C)c(Cl)c2)no1. The summed E-state index contributed by atoms with van der Waals surface area (Å²) in [5, 5.41) is 4.46. The molecule has 2 aromatic rings. The van der Waals surface area contributed by atoms with E-state index >= 15 is 0 Å². The van der Waals surface area contributed by atoms with E-state index in [1.54, 1.807) is 13.2 Å². The first kappa shape index (κ1) is 14.8. The van der Waals surface area contributed by atoms with Gasteiger partial charge in [0.1, 0.15) is 5.75 Å². The number of rotatable bonds is 6. The molecule has 0 saturated heterocycles. The van der Waals surface area contributed by atoms with Crippen molar-refractivity contribution in [2.75, 3.05) is 13.7 Å². The second-order valence-corrected chi connectivity index (χ2v) is 4.97. The number of hydrogen-bond donors (Lipinski definition) is 0. The molecule has 0 bridgehead atoms. The van der Waals surface area contributed by atoms with E-state index < -0.39 is 0 Å². The fourth-order valence-electron chi connectivity index (χ4n) is 1.65. The van der Waals surface area contributed by atoms with Crippen LogP contribution in [0.4, 0.5) is 0 Å². The van der Waals surface area contributed by atoms with Gasteiger partial charge in [0.05, 0.1) is 24.2 Å². The molecule has 0 N–H and O–H groups in total. The van der Waals surface area contributed by atoms with Crippen molar-refractivity contribution in [3.63, 3.8) is 0 Å². The average Bonchev–Trinajstić information content (AvgIpc) is 2.87. The van der Waals surface area contributed by atoms with Crippen LogP contribution >= 0.6 is 11.6 Å². The second kappa shape index (κ2) is 6.72. The normalized spacial score (nSPS) is 11.1. The summed E-state index contributed by atoms with van der Waals surface area (Å²) >= 11 is 6.18. The first-order valence-corrected chi connectivity index (χ1v) is 6.76. The van der Waals surface area contributed by atoms with Gasteiger partial charge in [-0.2, -0.15) is 4.98 Å². The Kier molecular flexibility index (Phi) is 4.98. The molecule has 2 rings (SSSR count). The standard InChI is InChI=1S/C14H17ClN2O3/c1-9(2)19-12-5-4-10(8-11(12)15)14-16-13(20-17-14)6-7-18-3/h4-5,8-9H,6-7H2,1-3H3. The van der Waals surface area contributed by atoms with Crippen molar-refractivity contribution in [1.82, 2.24) is 10.1 Å². The van der Waals surface area contributed by atoms with Gasteiger partial charge < -0.3 is 14.0 Å². The fourth-order valence-corrected chi connectivity index (χ4v) is 1.88. The van der Waals surface area contributed by atoms with Crippen molar-refractivity contribution in [2.45, 2.75) is 26.4 Å². The number of ether oxygens (including phenoxy) is 2. The molecule has 0 spiro atoms. The van der Waals surface area contributed by atoms with Crippen LogP contribution in [0, 0.1) is 0 Å². The Morgan fingerprint density at radius 2 is 2.15 bits per heavy atom. The van der Waals surface area contributed by atoms with Gasteiger partial charge in [0, 0.05) is 12.7 Å². The van der Waals surface area contributed by atoms with Crippen LogP contribution in [-0.4, -0.2) is 30.0 Å². The molecule has 5 nitrogen and oxygen atoms in total. The van der Waals surface area contributed by atoms with Gasteiger partial charge in [0.15, 0.2) is 0 Å². The summed E-state index contributed by atoms with van der Waals surface area (Å²) < 4.78 is 15.7. The summed E-state index contributed by atoms with van der Waals surface area (Å²) in [4.78, 5) is 4.29. The number of benzene rings is 1. The molecule has 0 saturated carbocycles. The molecule has 1 aromatic heterocycles. The van der Waals surface area contributed by atoms with Crippen molar-refractivity contribution < 1.29 is 14.0 Å². The largest absolute Gasteiger partial charge is 0.489 e. The van der Waals surface area contributed by atoms with Gasteiger partial charge in [-0.3, -0.25) is 0 Å². The molecule has 0 amide bonds. The average molecular weight is 297 g/mol. The monoisotopic (exact) mass is 296 g/mol. The maximum Gasteiger partial charge on any atom is 0.229 e. The molecule has 0 aliphatic rings. The molecule has 1 aromatic carbocycles. The topological polar surface area (TPSA) is 57.4 Å². The minimum atomic E-state index is 0.0733. The lowest BCUT2D eigenvalue weighted by Crippen LogP contribution is -2.05. The Bertz CT molecular complexity index is 569. The number of nitrogens with zero attached hydrogens (tertiary/aromatic N) is 2. The lowest BCUT2D eigenvalue weighted by Gasteiger charge is -2.11. The lowest BCUT2D eigenvalue weighted by molar-refractivity contribution is 0.192. The predicted octanol–water partition coefficient (Wildman–Crippen LogP) is 3.37. The molecule has 0 atom stereocenters. The predicted molar refractivity (Wildman–Crippen MR) is 76.1 cm³/mol. The third-order valence-corrected chi connectivity index (χ3v) is 2.84. The summed E-state index contributed by atoms with van der Waals surface area (Å²) in [6, 6.07) is 5.43. The van der Waals surface area contributed by atoms with E-state index in [1.165, 1.54) is 0 Å². The summed E-state index contributed by atoms with van der Waals surface area (Å²) in [6.45, 7) is 4.45. The molecule has 0 aliphatic carbocycles. The van der Waals surface area contributed by atoms with Gasteiger partial charge in [-0.25, -0.2) is 0 Å². The van der Waals surface area contributed by atoms with Crippen molar-refractivity contribution in [1.29, 1.82) is 0 Å². The van der Waals surface area contributed by atoms with Crippen LogP contribution in [0.5, 0.6) is 5.75 Å². The molecule has 0 radical (unpaired) electrons. The molecule has 1 heterocycles. The van der Waals surface area contributed by atoms with Crippen molar-refractivity contribution in [2.24, 2.45) is 0 Å². The molecule has 20 heavy (non-hydrogen) atoms. The van der Waals surface area contributed by atoms with Crippen molar-refractivity contribution >= 4 is 11.6 Å². The third kappa shape index (κ3) is 3.71. The highest BCUT2D eigenvalue weighted by atomic mass is 35.5. The Morgan fingerprint density at radius 3 is 2.80 bits per heavy atom. The summed E-state index contributed by atoms with van der Waals surface area (Å²) in [5.74, 6) is 1.70. The minimum absolute atomic E-state index is 0.0733. The highest BCUT2D eigenvalue weighted by Gasteiger charge is 2.11. The molecular weight excluding hydrogens is 280 g/mol. The van der Waals surface area contributed by atoms with Crippen molar-refractivity contribution in [3.05, 3.63) is 29.1 Å². The molecule has 108 valence electrons. The van der Waals surface area contributed by atoms with E-state index in [2.05, 4.69) is 10.1 Å². The van der Waals surface area contributed by atoms with Crippen molar-refractivity contribution in [3.8, 4) is 17.1 Å². The Morgan fingerprint density at radius 1 is 1.35 bits per heavy atom. The quantitative estimate of drug-likeness (QED) is 0.818. The zero-order valence-corrected chi connectivity index (χ0v) is 12.5. The third-order valence-electron chi connectivity index (χ3n) is 2.54. The second-order valence-electron chi connectivity index (χ2n) is 4.57.